The van der Waals surface area contributed by atoms with Gasteiger partial charge in [0.15, 0.2) is 10.8 Å². The molecule has 2 aromatic rings. The molecule has 2 aromatic carbocycles. The molecule has 0 amide bonds. The quantitative estimate of drug-likeness (QED) is 0.835. The van der Waals surface area contributed by atoms with Gasteiger partial charge >= 0.3 is 5.51 Å². The van der Waals surface area contributed by atoms with Gasteiger partial charge in [0.1, 0.15) is 0 Å². The zero-order valence-electron chi connectivity index (χ0n) is 9.85. The van der Waals surface area contributed by atoms with Crippen molar-refractivity contribution in [3.8, 4) is 0 Å². The Morgan fingerprint density at radius 3 is 1.89 bits per heavy atom. The van der Waals surface area contributed by atoms with Gasteiger partial charge in [-0.15, -0.1) is 0 Å². The van der Waals surface area contributed by atoms with Crippen LogP contribution >= 0.6 is 0 Å². The second-order valence-electron chi connectivity index (χ2n) is 4.02. The molecule has 0 fully saturated rings. The molecule has 0 saturated carbocycles. The minimum atomic E-state index is -4.71. The second-order valence-corrected chi connectivity index (χ2v) is 5.49. The SMILES string of the molecule is O=S(c1ccc(Cc2ccccc2)cc1)C(F)(F)F. The lowest BCUT2D eigenvalue weighted by molar-refractivity contribution is -0.0384. The maximum absolute atomic E-state index is 12.3. The maximum atomic E-state index is 12.3. The van der Waals surface area contributed by atoms with Gasteiger partial charge in [-0.3, -0.25) is 0 Å². The number of hydrogen-bond donors (Lipinski definition) is 0. The van der Waals surface area contributed by atoms with Crippen molar-refractivity contribution in [2.75, 3.05) is 0 Å². The lowest BCUT2D eigenvalue weighted by Gasteiger charge is -2.07. The molecule has 1 atom stereocenters. The summed E-state index contributed by atoms with van der Waals surface area (Å²) < 4.78 is 48.0. The van der Waals surface area contributed by atoms with E-state index in [4.69, 9.17) is 0 Å². The number of hydrogen-bond acceptors (Lipinski definition) is 1. The highest BCUT2D eigenvalue weighted by molar-refractivity contribution is 7.86. The summed E-state index contributed by atoms with van der Waals surface area (Å²) >= 11 is 0. The topological polar surface area (TPSA) is 17.1 Å². The minimum absolute atomic E-state index is 0.218. The van der Waals surface area contributed by atoms with Crippen molar-refractivity contribution in [2.45, 2.75) is 16.8 Å². The molecule has 0 radical (unpaired) electrons. The van der Waals surface area contributed by atoms with E-state index in [1.165, 1.54) is 12.1 Å². The van der Waals surface area contributed by atoms with E-state index >= 15 is 0 Å². The third-order valence-corrected chi connectivity index (χ3v) is 3.72. The van der Waals surface area contributed by atoms with Crippen LogP contribution in [0.15, 0.2) is 59.5 Å². The molecule has 100 valence electrons. The molecule has 2 rings (SSSR count). The fourth-order valence-corrected chi connectivity index (χ4v) is 2.35. The molecule has 0 heterocycles. The summed E-state index contributed by atoms with van der Waals surface area (Å²) in [6.45, 7) is 0. The van der Waals surface area contributed by atoms with E-state index in [9.17, 15) is 17.4 Å². The van der Waals surface area contributed by atoms with Crippen molar-refractivity contribution in [2.24, 2.45) is 0 Å². The Morgan fingerprint density at radius 2 is 1.37 bits per heavy atom. The maximum Gasteiger partial charge on any atom is 0.475 e. The zero-order valence-corrected chi connectivity index (χ0v) is 10.7. The summed E-state index contributed by atoms with van der Waals surface area (Å²) in [5, 5.41) is 0. The van der Waals surface area contributed by atoms with Crippen LogP contribution < -0.4 is 0 Å². The van der Waals surface area contributed by atoms with Crippen LogP contribution in [0.4, 0.5) is 13.2 Å². The Balaban J connectivity index is 2.13. The Morgan fingerprint density at radius 1 is 0.842 bits per heavy atom. The second kappa shape index (κ2) is 5.57. The highest BCUT2D eigenvalue weighted by atomic mass is 32.2. The normalized spacial score (nSPS) is 13.2. The average Bonchev–Trinajstić information content (AvgIpc) is 2.39. The molecule has 0 aliphatic heterocycles. The van der Waals surface area contributed by atoms with Gasteiger partial charge in [-0.05, 0) is 29.7 Å². The van der Waals surface area contributed by atoms with Crippen LogP contribution in [0.25, 0.3) is 0 Å². The molecule has 0 bridgehead atoms. The van der Waals surface area contributed by atoms with Gasteiger partial charge in [-0.25, -0.2) is 4.21 Å². The molecule has 0 aromatic heterocycles. The molecule has 0 N–H and O–H groups in total. The van der Waals surface area contributed by atoms with Gasteiger partial charge < -0.3 is 0 Å². The van der Waals surface area contributed by atoms with Crippen LogP contribution in [-0.2, 0) is 17.2 Å². The zero-order chi connectivity index (χ0) is 13.9. The van der Waals surface area contributed by atoms with Crippen LogP contribution in [-0.4, -0.2) is 9.72 Å². The largest absolute Gasteiger partial charge is 0.475 e. The van der Waals surface area contributed by atoms with Gasteiger partial charge in [0.05, 0.1) is 0 Å². The average molecular weight is 284 g/mol. The Hall–Kier alpha value is -1.62. The van der Waals surface area contributed by atoms with Crippen LogP contribution in [0.3, 0.4) is 0 Å². The van der Waals surface area contributed by atoms with Crippen LogP contribution in [0.5, 0.6) is 0 Å². The first-order chi connectivity index (χ1) is 8.97. The molecule has 19 heavy (non-hydrogen) atoms. The third-order valence-electron chi connectivity index (χ3n) is 2.60. The molecule has 5 heteroatoms. The van der Waals surface area contributed by atoms with Crippen molar-refractivity contribution in [3.63, 3.8) is 0 Å². The third kappa shape index (κ3) is 3.67. The van der Waals surface area contributed by atoms with E-state index in [1.54, 1.807) is 12.1 Å². The van der Waals surface area contributed by atoms with Crippen LogP contribution in [0.1, 0.15) is 11.1 Å². The van der Waals surface area contributed by atoms with Crippen LogP contribution in [0, 0.1) is 0 Å². The van der Waals surface area contributed by atoms with Crippen molar-refractivity contribution < 1.29 is 17.4 Å². The highest BCUT2D eigenvalue weighted by Gasteiger charge is 2.37. The fraction of sp³-hybridized carbons (Fsp3) is 0.143. The minimum Gasteiger partial charge on any atom is -0.245 e. The van der Waals surface area contributed by atoms with Gasteiger partial charge in [0, 0.05) is 4.90 Å². The first-order valence-corrected chi connectivity index (χ1v) is 6.73. The Labute approximate surface area is 111 Å². The predicted octanol–water partition coefficient (Wildman–Crippen LogP) is 3.90. The summed E-state index contributed by atoms with van der Waals surface area (Å²) in [6.07, 6.45) is 0.639. The summed E-state index contributed by atoms with van der Waals surface area (Å²) in [4.78, 5) is -0.218. The summed E-state index contributed by atoms with van der Waals surface area (Å²) in [5.74, 6) is 0. The van der Waals surface area contributed by atoms with Crippen molar-refractivity contribution >= 4 is 10.8 Å². The standard InChI is InChI=1S/C14H11F3OS/c15-14(16,17)19(18)13-8-6-12(7-9-13)10-11-4-2-1-3-5-11/h1-9H,10H2. The van der Waals surface area contributed by atoms with Gasteiger partial charge in [-0.1, -0.05) is 42.5 Å². The van der Waals surface area contributed by atoms with E-state index in [1.807, 2.05) is 30.3 Å². The van der Waals surface area contributed by atoms with E-state index in [0.717, 1.165) is 11.1 Å². The van der Waals surface area contributed by atoms with Gasteiger partial charge in [0.25, 0.3) is 0 Å². The molecule has 1 nitrogen and oxygen atoms in total. The molecule has 1 unspecified atom stereocenters. The highest BCUT2D eigenvalue weighted by Crippen LogP contribution is 2.26. The molecule has 0 spiro atoms. The van der Waals surface area contributed by atoms with Crippen molar-refractivity contribution in [3.05, 3.63) is 65.7 Å². The molecule has 0 aliphatic rings. The van der Waals surface area contributed by atoms with Crippen molar-refractivity contribution in [1.29, 1.82) is 0 Å². The number of benzene rings is 2. The molecular formula is C14H11F3OS. The summed E-state index contributed by atoms with van der Waals surface area (Å²) in [6, 6.07) is 15.3. The summed E-state index contributed by atoms with van der Waals surface area (Å²) in [7, 11) is -2.96. The van der Waals surface area contributed by atoms with Gasteiger partial charge in [-0.2, -0.15) is 13.2 Å². The van der Waals surface area contributed by atoms with Crippen LogP contribution in [0.2, 0.25) is 0 Å². The number of halogens is 3. The van der Waals surface area contributed by atoms with Crippen molar-refractivity contribution in [1.82, 2.24) is 0 Å². The Bertz CT molecular complexity index is 561. The monoisotopic (exact) mass is 284 g/mol. The van der Waals surface area contributed by atoms with E-state index in [-0.39, 0.29) is 4.90 Å². The van der Waals surface area contributed by atoms with Gasteiger partial charge in [0.2, 0.25) is 0 Å². The smallest absolute Gasteiger partial charge is 0.245 e. The molecule has 0 saturated heterocycles. The molecule has 0 aliphatic carbocycles. The Kier molecular flexibility index (Phi) is 4.04. The first kappa shape index (κ1) is 13.8. The lowest BCUT2D eigenvalue weighted by atomic mass is 10.1. The summed E-state index contributed by atoms with van der Waals surface area (Å²) in [5.41, 5.74) is -2.75. The van der Waals surface area contributed by atoms with E-state index in [0.29, 0.717) is 6.42 Å². The van der Waals surface area contributed by atoms with E-state index < -0.39 is 16.3 Å². The fourth-order valence-electron chi connectivity index (χ4n) is 1.70. The molecular weight excluding hydrogens is 273 g/mol. The lowest BCUT2D eigenvalue weighted by Crippen LogP contribution is -2.16. The first-order valence-electron chi connectivity index (χ1n) is 5.58. The predicted molar refractivity (Wildman–Crippen MR) is 68.2 cm³/mol. The number of alkyl halides is 3. The van der Waals surface area contributed by atoms with E-state index in [2.05, 4.69) is 0 Å². The number of rotatable bonds is 3.